The lowest BCUT2D eigenvalue weighted by atomic mass is 9.99. The summed E-state index contributed by atoms with van der Waals surface area (Å²) in [5, 5.41) is 13.3. The number of nitrogens with one attached hydrogen (secondary N) is 1. The van der Waals surface area contributed by atoms with E-state index in [9.17, 15) is 19.5 Å². The van der Waals surface area contributed by atoms with Crippen molar-refractivity contribution in [2.24, 2.45) is 5.92 Å². The standard InChI is InChI=1S/C19H26FN2O6P/c1-11(2)27-18(26)13(4)21-29-10-8-19(20)16(25)12(3)17(28-19)22-9-7-14(23)5-6-15(22)24/h7,9,11-13,16-17,21,25,29H,8,10H2,1-4H3/t12-,13-,16?,17-,19+/m0/s1. The number of nitrogens with zero attached hydrogens (tertiary/aromatic N) is 1. The van der Waals surface area contributed by atoms with Crippen LogP contribution < -0.4 is 16.1 Å². The van der Waals surface area contributed by atoms with Crippen molar-refractivity contribution in [1.82, 2.24) is 9.65 Å². The number of aliphatic hydroxyl groups excluding tert-OH is 1. The summed E-state index contributed by atoms with van der Waals surface area (Å²) in [5.74, 6) is -3.49. The van der Waals surface area contributed by atoms with Crippen LogP contribution in [0.25, 0.3) is 0 Å². The minimum absolute atomic E-state index is 0.0367. The zero-order valence-corrected chi connectivity index (χ0v) is 17.8. The first-order valence-corrected chi connectivity index (χ1v) is 10.6. The summed E-state index contributed by atoms with van der Waals surface area (Å²) in [6, 6.07) is 4.87. The maximum absolute atomic E-state index is 15.3. The van der Waals surface area contributed by atoms with Crippen molar-refractivity contribution in [1.29, 1.82) is 0 Å². The third-order valence-electron chi connectivity index (χ3n) is 4.51. The van der Waals surface area contributed by atoms with E-state index in [4.69, 9.17) is 9.47 Å². The summed E-state index contributed by atoms with van der Waals surface area (Å²) in [6.07, 6.45) is -1.43. The van der Waals surface area contributed by atoms with E-state index in [0.717, 1.165) is 10.6 Å². The predicted octanol–water partition coefficient (Wildman–Crippen LogP) is 0.914. The van der Waals surface area contributed by atoms with E-state index >= 15 is 4.39 Å². The van der Waals surface area contributed by atoms with Crippen molar-refractivity contribution in [3.63, 3.8) is 0 Å². The molecule has 0 bridgehead atoms. The fourth-order valence-corrected chi connectivity index (χ4v) is 3.97. The minimum atomic E-state index is -2.36. The summed E-state index contributed by atoms with van der Waals surface area (Å²) in [6.45, 7) is 6.72. The van der Waals surface area contributed by atoms with Crippen LogP contribution in [0.1, 0.15) is 40.3 Å². The molecule has 0 amide bonds. The van der Waals surface area contributed by atoms with Gasteiger partial charge >= 0.3 is 11.5 Å². The highest BCUT2D eigenvalue weighted by Crippen LogP contribution is 2.44. The van der Waals surface area contributed by atoms with Crippen molar-refractivity contribution < 1.29 is 23.8 Å². The third kappa shape index (κ3) is 5.83. The van der Waals surface area contributed by atoms with Crippen LogP contribution in [-0.4, -0.2) is 45.9 Å². The van der Waals surface area contributed by atoms with Gasteiger partial charge in [0.15, 0.2) is 0 Å². The molecule has 0 spiro atoms. The quantitative estimate of drug-likeness (QED) is 0.360. The van der Waals surface area contributed by atoms with E-state index in [0.29, 0.717) is 6.16 Å². The molecule has 0 saturated carbocycles. The van der Waals surface area contributed by atoms with Crippen LogP contribution in [0.3, 0.4) is 0 Å². The lowest BCUT2D eigenvalue weighted by molar-refractivity contribution is -0.188. The molecule has 0 aromatic carbocycles. The van der Waals surface area contributed by atoms with Gasteiger partial charge in [-0.2, -0.15) is 0 Å². The van der Waals surface area contributed by atoms with Crippen LogP contribution in [0, 0.1) is 18.1 Å². The maximum atomic E-state index is 15.3. The van der Waals surface area contributed by atoms with Crippen LogP contribution in [0.4, 0.5) is 4.39 Å². The molecule has 2 rings (SSSR count). The molecule has 29 heavy (non-hydrogen) atoms. The lowest BCUT2D eigenvalue weighted by Gasteiger charge is -2.24. The van der Waals surface area contributed by atoms with E-state index in [2.05, 4.69) is 17.2 Å². The number of ether oxygens (including phenoxy) is 2. The number of rotatable bonds is 8. The average molecular weight is 428 g/mol. The average Bonchev–Trinajstić information content (AvgIpc) is 2.77. The molecular formula is C19H26FN2O6P. The third-order valence-corrected chi connectivity index (χ3v) is 5.65. The fraction of sp³-hybridized carbons (Fsp3) is 0.632. The second-order valence-electron chi connectivity index (χ2n) is 7.27. The number of carbonyl (C=O) groups is 1. The van der Waals surface area contributed by atoms with E-state index in [1.54, 1.807) is 27.7 Å². The van der Waals surface area contributed by atoms with E-state index in [-0.39, 0.29) is 21.3 Å². The number of aromatic nitrogens is 1. The zero-order valence-electron chi connectivity index (χ0n) is 16.8. The lowest BCUT2D eigenvalue weighted by Crippen LogP contribution is -2.37. The van der Waals surface area contributed by atoms with Gasteiger partial charge in [-0.15, -0.1) is 0 Å². The Balaban J connectivity index is 1.98. The molecule has 1 aromatic heterocycles. The molecule has 1 aliphatic rings. The number of hydrogen-bond donors (Lipinski definition) is 2. The Kier molecular flexibility index (Phi) is 7.89. The number of carbonyl (C=O) groups excluding carboxylic acids is 1. The van der Waals surface area contributed by atoms with Gasteiger partial charge in [-0.25, -0.2) is 4.39 Å². The molecule has 2 N–H and O–H groups in total. The Morgan fingerprint density at radius 2 is 2.14 bits per heavy atom. The van der Waals surface area contributed by atoms with Crippen molar-refractivity contribution >= 4 is 14.7 Å². The number of hydrogen-bond acceptors (Lipinski definition) is 7. The van der Waals surface area contributed by atoms with Crippen LogP contribution in [0.5, 0.6) is 0 Å². The number of aliphatic hydroxyl groups is 1. The molecule has 2 unspecified atom stereocenters. The second kappa shape index (κ2) is 9.77. The smallest absolute Gasteiger partial charge is 0.323 e. The molecule has 0 radical (unpaired) electrons. The van der Waals surface area contributed by atoms with Crippen LogP contribution in [0.15, 0.2) is 21.9 Å². The highest BCUT2D eigenvalue weighted by atomic mass is 31.1. The molecule has 160 valence electrons. The molecule has 1 saturated heterocycles. The Labute approximate surface area is 170 Å². The van der Waals surface area contributed by atoms with E-state index in [1.807, 2.05) is 0 Å². The first-order chi connectivity index (χ1) is 13.5. The zero-order chi connectivity index (χ0) is 21.8. The number of alkyl halides is 1. The van der Waals surface area contributed by atoms with Crippen molar-refractivity contribution in [3.8, 4) is 0 Å². The van der Waals surface area contributed by atoms with Crippen LogP contribution in [0.2, 0.25) is 0 Å². The molecule has 1 fully saturated rings. The van der Waals surface area contributed by atoms with E-state index in [1.165, 1.54) is 6.20 Å². The van der Waals surface area contributed by atoms with Gasteiger partial charge < -0.3 is 14.6 Å². The largest absolute Gasteiger partial charge is 0.462 e. The van der Waals surface area contributed by atoms with Crippen LogP contribution in [-0.2, 0) is 14.3 Å². The predicted molar refractivity (Wildman–Crippen MR) is 105 cm³/mol. The molecule has 2 heterocycles. The monoisotopic (exact) mass is 428 g/mol. The van der Waals surface area contributed by atoms with Gasteiger partial charge in [0.2, 0.25) is 11.3 Å². The SMILES string of the molecule is CC(C)OC(=O)[C@H](C)NPCC[C@@]1(F)O[C@H](n2ccc(=O)c#cc2=O)[C@@H](C)C1O. The van der Waals surface area contributed by atoms with Crippen LogP contribution >= 0.6 is 8.73 Å². The van der Waals surface area contributed by atoms with Gasteiger partial charge in [-0.05, 0) is 33.0 Å². The van der Waals surface area contributed by atoms with Gasteiger partial charge in [0.05, 0.1) is 6.10 Å². The molecular weight excluding hydrogens is 402 g/mol. The molecule has 0 aliphatic carbocycles. The molecule has 8 nitrogen and oxygen atoms in total. The Bertz CT molecular complexity index is 835. The highest BCUT2D eigenvalue weighted by Gasteiger charge is 2.53. The van der Waals surface area contributed by atoms with Gasteiger partial charge in [0.25, 0.3) is 0 Å². The maximum Gasteiger partial charge on any atom is 0.323 e. The van der Waals surface area contributed by atoms with E-state index < -0.39 is 47.1 Å². The van der Waals surface area contributed by atoms with Gasteiger partial charge in [0.1, 0.15) is 18.4 Å². The highest BCUT2D eigenvalue weighted by molar-refractivity contribution is 7.35. The summed E-state index contributed by atoms with van der Waals surface area (Å²) in [7, 11) is 0.0367. The normalized spacial score (nSPS) is 27.9. The number of halogens is 1. The van der Waals surface area contributed by atoms with Gasteiger partial charge in [-0.1, -0.05) is 15.7 Å². The first kappa shape index (κ1) is 23.4. The van der Waals surface area contributed by atoms with Crippen molar-refractivity contribution in [2.45, 2.75) is 64.4 Å². The fourth-order valence-electron chi connectivity index (χ4n) is 2.93. The molecule has 1 aliphatic heterocycles. The van der Waals surface area contributed by atoms with Crippen molar-refractivity contribution in [2.75, 3.05) is 6.16 Å². The molecule has 6 atom stereocenters. The summed E-state index contributed by atoms with van der Waals surface area (Å²) in [4.78, 5) is 35.2. The first-order valence-electron chi connectivity index (χ1n) is 9.35. The Morgan fingerprint density at radius 3 is 2.79 bits per heavy atom. The Hall–Kier alpha value is -1.85. The second-order valence-corrected chi connectivity index (χ2v) is 8.41. The summed E-state index contributed by atoms with van der Waals surface area (Å²) < 4.78 is 26.8. The van der Waals surface area contributed by atoms with Gasteiger partial charge in [-0.3, -0.25) is 24.0 Å². The molecule has 10 heteroatoms. The summed E-state index contributed by atoms with van der Waals surface area (Å²) >= 11 is 0. The number of esters is 1. The topological polar surface area (TPSA) is 107 Å². The van der Waals surface area contributed by atoms with Gasteiger partial charge in [0, 0.05) is 30.7 Å². The van der Waals surface area contributed by atoms with Crippen molar-refractivity contribution in [3.05, 3.63) is 45.0 Å². The minimum Gasteiger partial charge on any atom is -0.462 e. The Morgan fingerprint density at radius 1 is 1.45 bits per heavy atom. The summed E-state index contributed by atoms with van der Waals surface area (Å²) in [5.41, 5.74) is -1.25. The molecule has 1 aromatic rings.